The van der Waals surface area contributed by atoms with E-state index in [1.165, 1.54) is 0 Å². The first-order chi connectivity index (χ1) is 8.17. The van der Waals surface area contributed by atoms with Crippen molar-refractivity contribution >= 4 is 29.1 Å². The van der Waals surface area contributed by atoms with E-state index >= 15 is 0 Å². The van der Waals surface area contributed by atoms with Gasteiger partial charge in [0.25, 0.3) is 0 Å². The topological polar surface area (TPSA) is 24.5 Å². The van der Waals surface area contributed by atoms with Gasteiger partial charge in [-0.2, -0.15) is 11.8 Å². The second kappa shape index (κ2) is 11.1. The minimum atomic E-state index is 0.525. The van der Waals surface area contributed by atoms with Crippen molar-refractivity contribution in [2.45, 2.75) is 32.7 Å². The molecule has 0 spiro atoms. The van der Waals surface area contributed by atoms with Crippen molar-refractivity contribution in [1.82, 2.24) is 10.2 Å². The van der Waals surface area contributed by atoms with Crippen LogP contribution in [0.25, 0.3) is 0 Å². The Morgan fingerprint density at radius 2 is 2.18 bits per heavy atom. The number of hydrogen-bond donors (Lipinski definition) is 1. The molecule has 0 fully saturated rings. The maximum atomic E-state index is 5.38. The van der Waals surface area contributed by atoms with Gasteiger partial charge in [-0.25, -0.2) is 0 Å². The van der Waals surface area contributed by atoms with Crippen LogP contribution in [0.4, 0.5) is 0 Å². The molecule has 0 aliphatic rings. The lowest BCUT2D eigenvalue weighted by atomic mass is 10.2. The van der Waals surface area contributed by atoms with Gasteiger partial charge in [0.2, 0.25) is 0 Å². The first kappa shape index (κ1) is 17.0. The Morgan fingerprint density at radius 3 is 2.71 bits per heavy atom. The van der Waals surface area contributed by atoms with Crippen molar-refractivity contribution in [3.8, 4) is 0 Å². The summed E-state index contributed by atoms with van der Waals surface area (Å²) in [6.45, 7) is 6.70. The van der Waals surface area contributed by atoms with E-state index in [2.05, 4.69) is 30.4 Å². The van der Waals surface area contributed by atoms with E-state index in [9.17, 15) is 0 Å². The second-order valence-corrected chi connectivity index (χ2v) is 5.21. The third-order valence-electron chi connectivity index (χ3n) is 2.64. The largest absolute Gasteiger partial charge is 0.382 e. The van der Waals surface area contributed by atoms with Gasteiger partial charge in [0.05, 0.1) is 0 Å². The molecule has 0 aliphatic heterocycles. The fourth-order valence-electron chi connectivity index (χ4n) is 1.50. The molecule has 0 saturated heterocycles. The monoisotopic (exact) mass is 278 g/mol. The second-order valence-electron chi connectivity index (χ2n) is 3.91. The molecule has 0 radical (unpaired) electrons. The van der Waals surface area contributed by atoms with Crippen molar-refractivity contribution in [2.75, 3.05) is 38.8 Å². The SMILES string of the molecule is CCOCCCNC(=S)N(C)C(CC)CSC. The lowest BCUT2D eigenvalue weighted by molar-refractivity contribution is 0.145. The van der Waals surface area contributed by atoms with Crippen molar-refractivity contribution in [1.29, 1.82) is 0 Å². The fourth-order valence-corrected chi connectivity index (χ4v) is 2.60. The van der Waals surface area contributed by atoms with Crippen LogP contribution >= 0.6 is 24.0 Å². The highest BCUT2D eigenvalue weighted by atomic mass is 32.2. The number of nitrogens with one attached hydrogen (secondary N) is 1. The van der Waals surface area contributed by atoms with Crippen LogP contribution in [0, 0.1) is 0 Å². The van der Waals surface area contributed by atoms with Crippen molar-refractivity contribution in [2.24, 2.45) is 0 Å². The van der Waals surface area contributed by atoms with E-state index in [0.29, 0.717) is 6.04 Å². The normalized spacial score (nSPS) is 12.2. The molecule has 102 valence electrons. The molecule has 0 aromatic heterocycles. The lowest BCUT2D eigenvalue weighted by Gasteiger charge is -2.29. The Kier molecular flexibility index (Phi) is 11.1. The molecule has 0 aromatic rings. The number of nitrogens with zero attached hydrogens (tertiary/aromatic N) is 1. The minimum Gasteiger partial charge on any atom is -0.382 e. The molecule has 17 heavy (non-hydrogen) atoms. The molecular formula is C12H26N2OS2. The Morgan fingerprint density at radius 1 is 1.47 bits per heavy atom. The zero-order valence-corrected chi connectivity index (χ0v) is 13.1. The summed E-state index contributed by atoms with van der Waals surface area (Å²) in [5, 5.41) is 4.13. The van der Waals surface area contributed by atoms with Gasteiger partial charge in [0, 0.05) is 38.6 Å². The Balaban J connectivity index is 3.79. The van der Waals surface area contributed by atoms with E-state index in [1.54, 1.807) is 0 Å². The summed E-state index contributed by atoms with van der Waals surface area (Å²) in [5.41, 5.74) is 0. The third-order valence-corrected chi connectivity index (χ3v) is 3.79. The van der Waals surface area contributed by atoms with Crippen molar-refractivity contribution < 1.29 is 4.74 Å². The summed E-state index contributed by atoms with van der Waals surface area (Å²) in [4.78, 5) is 2.17. The predicted octanol–water partition coefficient (Wildman–Crippen LogP) is 2.36. The molecular weight excluding hydrogens is 252 g/mol. The number of hydrogen-bond acceptors (Lipinski definition) is 3. The summed E-state index contributed by atoms with van der Waals surface area (Å²) < 4.78 is 5.28. The molecule has 1 unspecified atom stereocenters. The molecule has 1 atom stereocenters. The number of thiocarbonyl (C=S) groups is 1. The van der Waals surface area contributed by atoms with Crippen molar-refractivity contribution in [3.05, 3.63) is 0 Å². The first-order valence-corrected chi connectivity index (χ1v) is 8.04. The van der Waals surface area contributed by atoms with E-state index in [-0.39, 0.29) is 0 Å². The number of rotatable bonds is 9. The summed E-state index contributed by atoms with van der Waals surface area (Å²) >= 11 is 7.24. The summed E-state index contributed by atoms with van der Waals surface area (Å²) in [6.07, 6.45) is 4.26. The lowest BCUT2D eigenvalue weighted by Crippen LogP contribution is -2.44. The average Bonchev–Trinajstić information content (AvgIpc) is 2.34. The van der Waals surface area contributed by atoms with Gasteiger partial charge in [-0.05, 0) is 38.2 Å². The molecule has 0 amide bonds. The van der Waals surface area contributed by atoms with Crippen LogP contribution < -0.4 is 5.32 Å². The van der Waals surface area contributed by atoms with E-state index < -0.39 is 0 Å². The molecule has 0 aliphatic carbocycles. The fraction of sp³-hybridized carbons (Fsp3) is 0.917. The van der Waals surface area contributed by atoms with Gasteiger partial charge in [-0.1, -0.05) is 6.92 Å². The maximum absolute atomic E-state index is 5.38. The molecule has 0 saturated carbocycles. The summed E-state index contributed by atoms with van der Waals surface area (Å²) in [7, 11) is 2.07. The molecule has 0 aromatic carbocycles. The Hall–Kier alpha value is 0. The van der Waals surface area contributed by atoms with E-state index in [1.807, 2.05) is 18.7 Å². The molecule has 0 bridgehead atoms. The third kappa shape index (κ3) is 7.84. The van der Waals surface area contributed by atoms with Gasteiger partial charge < -0.3 is 15.0 Å². The standard InChI is InChI=1S/C12H26N2OS2/c1-5-11(10-17-4)14(3)12(16)13-8-7-9-15-6-2/h11H,5-10H2,1-4H3,(H,13,16). The van der Waals surface area contributed by atoms with Crippen molar-refractivity contribution in [3.63, 3.8) is 0 Å². The van der Waals surface area contributed by atoms with Crippen LogP contribution in [0.3, 0.4) is 0 Å². The van der Waals surface area contributed by atoms with Crippen LogP contribution in [0.1, 0.15) is 26.7 Å². The minimum absolute atomic E-state index is 0.525. The van der Waals surface area contributed by atoms with Gasteiger partial charge in [-0.3, -0.25) is 0 Å². The highest BCUT2D eigenvalue weighted by molar-refractivity contribution is 7.98. The molecule has 5 heteroatoms. The van der Waals surface area contributed by atoms with Gasteiger partial charge in [-0.15, -0.1) is 0 Å². The highest BCUT2D eigenvalue weighted by Gasteiger charge is 2.14. The quantitative estimate of drug-likeness (QED) is 0.515. The molecule has 0 heterocycles. The summed E-state index contributed by atoms with van der Waals surface area (Å²) in [6, 6.07) is 0.525. The highest BCUT2D eigenvalue weighted by Crippen LogP contribution is 2.08. The molecule has 3 nitrogen and oxygen atoms in total. The number of ether oxygens (including phenoxy) is 1. The van der Waals surface area contributed by atoms with Crippen LogP contribution in [0.2, 0.25) is 0 Å². The van der Waals surface area contributed by atoms with Crippen LogP contribution in [0.5, 0.6) is 0 Å². The van der Waals surface area contributed by atoms with Crippen LogP contribution in [-0.4, -0.2) is 54.9 Å². The van der Waals surface area contributed by atoms with Crippen LogP contribution in [0.15, 0.2) is 0 Å². The molecule has 0 rings (SSSR count). The van der Waals surface area contributed by atoms with Crippen LogP contribution in [-0.2, 0) is 4.74 Å². The van der Waals surface area contributed by atoms with Gasteiger partial charge >= 0.3 is 0 Å². The smallest absolute Gasteiger partial charge is 0.168 e. The number of thioether (sulfide) groups is 1. The first-order valence-electron chi connectivity index (χ1n) is 6.24. The maximum Gasteiger partial charge on any atom is 0.168 e. The average molecular weight is 278 g/mol. The Bertz CT molecular complexity index is 203. The molecule has 1 N–H and O–H groups in total. The van der Waals surface area contributed by atoms with E-state index in [0.717, 1.165) is 43.5 Å². The predicted molar refractivity (Wildman–Crippen MR) is 81.9 cm³/mol. The Labute approximate surface area is 116 Å². The summed E-state index contributed by atoms with van der Waals surface area (Å²) in [5.74, 6) is 1.12. The zero-order chi connectivity index (χ0) is 13.1. The van der Waals surface area contributed by atoms with E-state index in [4.69, 9.17) is 17.0 Å². The zero-order valence-electron chi connectivity index (χ0n) is 11.5. The van der Waals surface area contributed by atoms with Gasteiger partial charge in [0.15, 0.2) is 5.11 Å². The van der Waals surface area contributed by atoms with Gasteiger partial charge in [0.1, 0.15) is 0 Å².